The Balaban J connectivity index is 2.35. The zero-order chi connectivity index (χ0) is 11.8. The van der Waals surface area contributed by atoms with Crippen molar-refractivity contribution in [3.05, 3.63) is 33.9 Å². The van der Waals surface area contributed by atoms with Gasteiger partial charge in [-0.1, -0.05) is 22.0 Å². The van der Waals surface area contributed by atoms with Crippen LogP contribution in [0.15, 0.2) is 22.7 Å². The van der Waals surface area contributed by atoms with Gasteiger partial charge in [0.1, 0.15) is 0 Å². The molecule has 1 aromatic carbocycles. The van der Waals surface area contributed by atoms with E-state index in [1.54, 1.807) is 0 Å². The number of halogens is 1. The molecule has 1 aliphatic heterocycles. The minimum Gasteiger partial charge on any atom is -0.342 e. The molecule has 3 nitrogen and oxygen atoms in total. The first-order chi connectivity index (χ1) is 8.31. The molecule has 0 unspecified atom stereocenters. The molecule has 2 heterocycles. The van der Waals surface area contributed by atoms with Crippen LogP contribution in [-0.4, -0.2) is 23.9 Å². The Labute approximate surface area is 108 Å². The van der Waals surface area contributed by atoms with Gasteiger partial charge in [0.2, 0.25) is 0 Å². The van der Waals surface area contributed by atoms with Crippen molar-refractivity contribution >= 4 is 33.1 Å². The van der Waals surface area contributed by atoms with E-state index in [-0.39, 0.29) is 0 Å². The summed E-state index contributed by atoms with van der Waals surface area (Å²) >= 11 is 3.49. The minimum absolute atomic E-state index is 0.858. The fraction of sp³-hybridized carbons (Fsp3) is 0.308. The largest absolute Gasteiger partial charge is 0.342 e. The summed E-state index contributed by atoms with van der Waals surface area (Å²) in [5.41, 5.74) is 3.18. The van der Waals surface area contributed by atoms with Crippen molar-refractivity contribution in [1.82, 2.24) is 9.88 Å². The Bertz CT molecular complexity index is 589. The lowest BCUT2D eigenvalue weighted by atomic mass is 10.1. The second-order valence-corrected chi connectivity index (χ2v) is 5.21. The van der Waals surface area contributed by atoms with Crippen LogP contribution in [-0.2, 0) is 13.0 Å². The predicted molar refractivity (Wildman–Crippen MR) is 71.6 cm³/mol. The number of nitrogens with one attached hydrogen (secondary N) is 1. The molecule has 2 aromatic rings. The number of hydrogen-bond acceptors (Lipinski definition) is 2. The van der Waals surface area contributed by atoms with Crippen LogP contribution in [0.4, 0.5) is 0 Å². The average molecular weight is 293 g/mol. The lowest BCUT2D eigenvalue weighted by Gasteiger charge is -2.05. The summed E-state index contributed by atoms with van der Waals surface area (Å²) in [6, 6.07) is 6.11. The molecule has 0 fully saturated rings. The minimum atomic E-state index is 0.858. The maximum absolute atomic E-state index is 11.3. The molecule has 4 heteroatoms. The molecule has 0 saturated heterocycles. The molecule has 0 aliphatic carbocycles. The van der Waals surface area contributed by atoms with Gasteiger partial charge in [-0.25, -0.2) is 0 Å². The SMILES string of the molecule is O=Cc1c2n(c3cc(Br)ccc13)CCNCC2. The standard InChI is InChI=1S/C13H13BrN2O/c14-9-1-2-10-11(8-17)12-3-4-15-5-6-16(12)13(10)7-9/h1-2,7-8,15H,3-6H2. The maximum Gasteiger partial charge on any atom is 0.152 e. The van der Waals surface area contributed by atoms with Gasteiger partial charge in [-0.2, -0.15) is 0 Å². The molecule has 17 heavy (non-hydrogen) atoms. The van der Waals surface area contributed by atoms with Gasteiger partial charge in [0, 0.05) is 47.2 Å². The maximum atomic E-state index is 11.3. The van der Waals surface area contributed by atoms with E-state index in [0.29, 0.717) is 0 Å². The van der Waals surface area contributed by atoms with E-state index in [9.17, 15) is 4.79 Å². The fourth-order valence-electron chi connectivity index (χ4n) is 2.58. The molecule has 88 valence electrons. The number of carbonyl (C=O) groups is 1. The summed E-state index contributed by atoms with van der Waals surface area (Å²) in [5.74, 6) is 0. The van der Waals surface area contributed by atoms with Gasteiger partial charge < -0.3 is 9.88 Å². The number of nitrogens with zero attached hydrogens (tertiary/aromatic N) is 1. The van der Waals surface area contributed by atoms with Crippen molar-refractivity contribution in [1.29, 1.82) is 0 Å². The highest BCUT2D eigenvalue weighted by Crippen LogP contribution is 2.28. The Morgan fingerprint density at radius 3 is 3.06 bits per heavy atom. The second-order valence-electron chi connectivity index (χ2n) is 4.29. The molecule has 0 bridgehead atoms. The van der Waals surface area contributed by atoms with Crippen molar-refractivity contribution < 1.29 is 4.79 Å². The van der Waals surface area contributed by atoms with Crippen molar-refractivity contribution in [2.24, 2.45) is 0 Å². The average Bonchev–Trinajstić information content (AvgIpc) is 2.51. The molecular formula is C13H13BrN2O. The molecule has 0 saturated carbocycles. The number of carbonyl (C=O) groups excluding carboxylic acids is 1. The summed E-state index contributed by atoms with van der Waals surface area (Å²) in [7, 11) is 0. The van der Waals surface area contributed by atoms with E-state index in [4.69, 9.17) is 0 Å². The molecular weight excluding hydrogens is 280 g/mol. The van der Waals surface area contributed by atoms with Gasteiger partial charge in [-0.05, 0) is 12.1 Å². The first-order valence-electron chi connectivity index (χ1n) is 5.78. The number of fused-ring (bicyclic) bond motifs is 3. The summed E-state index contributed by atoms with van der Waals surface area (Å²) in [6.07, 6.45) is 1.91. The normalized spacial score (nSPS) is 15.6. The molecule has 1 aromatic heterocycles. The van der Waals surface area contributed by atoms with E-state index < -0.39 is 0 Å². The Morgan fingerprint density at radius 1 is 1.35 bits per heavy atom. The molecule has 0 radical (unpaired) electrons. The van der Waals surface area contributed by atoms with Crippen LogP contribution in [0, 0.1) is 0 Å². The lowest BCUT2D eigenvalue weighted by Crippen LogP contribution is -2.17. The van der Waals surface area contributed by atoms with Crippen LogP contribution in [0.25, 0.3) is 10.9 Å². The zero-order valence-corrected chi connectivity index (χ0v) is 11.0. The van der Waals surface area contributed by atoms with Crippen LogP contribution in [0.5, 0.6) is 0 Å². The number of aromatic nitrogens is 1. The van der Waals surface area contributed by atoms with Crippen molar-refractivity contribution in [3.63, 3.8) is 0 Å². The first kappa shape index (κ1) is 11.0. The summed E-state index contributed by atoms with van der Waals surface area (Å²) < 4.78 is 3.32. The summed E-state index contributed by atoms with van der Waals surface area (Å²) in [5, 5.41) is 4.43. The number of benzene rings is 1. The Morgan fingerprint density at radius 2 is 2.24 bits per heavy atom. The van der Waals surface area contributed by atoms with Crippen LogP contribution in [0.2, 0.25) is 0 Å². The summed E-state index contributed by atoms with van der Waals surface area (Å²) in [4.78, 5) is 11.3. The number of aldehydes is 1. The van der Waals surface area contributed by atoms with Gasteiger partial charge in [-0.3, -0.25) is 4.79 Å². The number of hydrogen-bond donors (Lipinski definition) is 1. The van der Waals surface area contributed by atoms with Crippen molar-refractivity contribution in [2.45, 2.75) is 13.0 Å². The topological polar surface area (TPSA) is 34.0 Å². The van der Waals surface area contributed by atoms with Crippen LogP contribution in [0.1, 0.15) is 16.1 Å². The number of rotatable bonds is 1. The van der Waals surface area contributed by atoms with E-state index in [1.165, 1.54) is 0 Å². The molecule has 3 rings (SSSR count). The molecule has 1 N–H and O–H groups in total. The van der Waals surface area contributed by atoms with Gasteiger partial charge in [0.15, 0.2) is 6.29 Å². The van der Waals surface area contributed by atoms with Crippen molar-refractivity contribution in [2.75, 3.05) is 13.1 Å². The zero-order valence-electron chi connectivity index (χ0n) is 9.37. The van der Waals surface area contributed by atoms with E-state index >= 15 is 0 Å². The fourth-order valence-corrected chi connectivity index (χ4v) is 2.93. The summed E-state index contributed by atoms with van der Waals surface area (Å²) in [6.45, 7) is 2.83. The second kappa shape index (κ2) is 4.27. The van der Waals surface area contributed by atoms with E-state index in [2.05, 4.69) is 31.9 Å². The van der Waals surface area contributed by atoms with Crippen LogP contribution < -0.4 is 5.32 Å². The smallest absolute Gasteiger partial charge is 0.152 e. The third-order valence-electron chi connectivity index (χ3n) is 3.35. The quantitative estimate of drug-likeness (QED) is 0.819. The van der Waals surface area contributed by atoms with E-state index in [1.807, 2.05) is 12.1 Å². The molecule has 1 aliphatic rings. The molecule has 0 spiro atoms. The van der Waals surface area contributed by atoms with Gasteiger partial charge in [-0.15, -0.1) is 0 Å². The predicted octanol–water partition coefficient (Wildman–Crippen LogP) is 2.36. The highest BCUT2D eigenvalue weighted by atomic mass is 79.9. The van der Waals surface area contributed by atoms with Crippen LogP contribution >= 0.6 is 15.9 Å². The van der Waals surface area contributed by atoms with Gasteiger partial charge in [0.05, 0.1) is 5.52 Å². The molecule has 0 atom stereocenters. The first-order valence-corrected chi connectivity index (χ1v) is 6.57. The van der Waals surface area contributed by atoms with Gasteiger partial charge in [0.25, 0.3) is 0 Å². The third kappa shape index (κ3) is 1.72. The Hall–Kier alpha value is -1.13. The van der Waals surface area contributed by atoms with Crippen molar-refractivity contribution in [3.8, 4) is 0 Å². The lowest BCUT2D eigenvalue weighted by molar-refractivity contribution is 0.112. The van der Waals surface area contributed by atoms with Crippen LogP contribution in [0.3, 0.4) is 0 Å². The van der Waals surface area contributed by atoms with E-state index in [0.717, 1.165) is 59.0 Å². The molecule has 0 amide bonds. The highest BCUT2D eigenvalue weighted by Gasteiger charge is 2.17. The highest BCUT2D eigenvalue weighted by molar-refractivity contribution is 9.10. The third-order valence-corrected chi connectivity index (χ3v) is 3.84. The van der Waals surface area contributed by atoms with Gasteiger partial charge >= 0.3 is 0 Å². The monoisotopic (exact) mass is 292 g/mol. The Kier molecular flexibility index (Phi) is 2.76.